The molecule has 1 N–H and O–H groups in total. The molecule has 0 aromatic heterocycles. The van der Waals surface area contributed by atoms with Crippen molar-refractivity contribution in [2.24, 2.45) is 0 Å². The Labute approximate surface area is 635 Å². The molecule has 540 valence electrons. The van der Waals surface area contributed by atoms with E-state index in [4.69, 9.17) is 0 Å². The van der Waals surface area contributed by atoms with Gasteiger partial charge in [-0.25, -0.2) is 29.4 Å². The standard InChI is InChI=1S/2C32H22N2O4.C28H20N2O5/c1-32(27-8-4-6-21-5-2-3-7-26(21)27,22-9-13-24(14-10-22)33-28(35)17-18-29(33)36)23-11-15-25(16-12-23)34-30(37)19-20-31(34)38;1-32(25-7-6-21-4-2-3-5-22(21)20-25,23-8-12-26(13-9-23)33-28(35)16-17-29(33)36)24-10-14-27(15-11-24)34-30(37)18-19-31(34)38;1-28(20-6-12-23(31)13-7-20,18-2-8-21(9-3-18)29-24(32)14-15-25(29)33)19-4-10-22(11-5-19)30-26(34)16-17-27(30)35/h2*2-20H,1H3;2-17,31H,1H3. The number of hydrogen-bond acceptors (Lipinski definition) is 13. The molecule has 19 nitrogen and oxygen atoms in total. The molecule has 11 aromatic rings. The first-order valence-electron chi connectivity index (χ1n) is 35.3. The monoisotopic (exact) mass is 1460 g/mol. The maximum atomic E-state index is 12.2. The van der Waals surface area contributed by atoms with E-state index in [2.05, 4.69) is 68.4 Å². The van der Waals surface area contributed by atoms with Gasteiger partial charge in [0, 0.05) is 89.2 Å². The van der Waals surface area contributed by atoms with Crippen LogP contribution >= 0.6 is 0 Å². The van der Waals surface area contributed by atoms with Crippen LogP contribution in [0.4, 0.5) is 34.1 Å². The molecule has 6 heterocycles. The lowest BCUT2D eigenvalue weighted by molar-refractivity contribution is -0.121. The number of anilines is 6. The molecule has 0 spiro atoms. The minimum absolute atomic E-state index is 0.138. The number of benzene rings is 11. The van der Waals surface area contributed by atoms with Gasteiger partial charge in [-0.2, -0.15) is 0 Å². The molecule has 0 saturated carbocycles. The number of carbonyl (C=O) groups excluding carboxylic acids is 12. The molecular formula is C92H64N6O13. The van der Waals surface area contributed by atoms with Crippen LogP contribution in [-0.2, 0) is 73.8 Å². The molecule has 19 heteroatoms. The molecule has 6 aliphatic heterocycles. The number of nitrogens with zero attached hydrogens (tertiary/aromatic N) is 6. The Morgan fingerprint density at radius 3 is 0.712 bits per heavy atom. The molecule has 0 saturated heterocycles. The molecular weight excluding hydrogens is 1400 g/mol. The fourth-order valence-electron chi connectivity index (χ4n) is 15.0. The van der Waals surface area contributed by atoms with E-state index in [1.807, 2.05) is 122 Å². The number of imide groups is 6. The number of hydrogen-bond donors (Lipinski definition) is 1. The summed E-state index contributed by atoms with van der Waals surface area (Å²) >= 11 is 0. The minimum atomic E-state index is -0.695. The SMILES string of the molecule is CC(c1ccc(N2C(=O)C=CC2=O)cc1)(c1ccc(N2C(=O)C=CC2=O)cc1)c1ccc2ccccc2c1.CC(c1ccc(N2C(=O)C=CC2=O)cc1)(c1ccc(N2C(=O)C=CC2=O)cc1)c1cccc2ccccc12.CC(c1ccc(O)cc1)(c1ccc(N2C(=O)C=CC2=O)cc1)c1ccc(N2C(=O)C=CC2=O)cc1. The van der Waals surface area contributed by atoms with Gasteiger partial charge in [0.05, 0.1) is 34.1 Å². The zero-order valence-corrected chi connectivity index (χ0v) is 59.7. The van der Waals surface area contributed by atoms with Crippen LogP contribution in [0, 0.1) is 0 Å². The van der Waals surface area contributed by atoms with Crippen LogP contribution in [0.3, 0.4) is 0 Å². The second kappa shape index (κ2) is 28.7. The summed E-state index contributed by atoms with van der Waals surface area (Å²) in [5.41, 5.74) is 9.54. The van der Waals surface area contributed by atoms with Crippen molar-refractivity contribution in [3.8, 4) is 5.75 Å². The smallest absolute Gasteiger partial charge is 0.258 e. The Morgan fingerprint density at radius 1 is 0.207 bits per heavy atom. The molecule has 0 radical (unpaired) electrons. The van der Waals surface area contributed by atoms with E-state index in [9.17, 15) is 62.6 Å². The Bertz CT molecular complexity index is 5600. The molecule has 0 fully saturated rings. The predicted molar refractivity (Wildman–Crippen MR) is 421 cm³/mol. The van der Waals surface area contributed by atoms with Crippen LogP contribution in [0.5, 0.6) is 5.75 Å². The zero-order valence-electron chi connectivity index (χ0n) is 59.7. The highest BCUT2D eigenvalue weighted by Gasteiger charge is 2.39. The molecule has 0 unspecified atom stereocenters. The number of phenolic OH excluding ortho intramolecular Hbond substituents is 1. The highest BCUT2D eigenvalue weighted by Crippen LogP contribution is 2.46. The van der Waals surface area contributed by atoms with Gasteiger partial charge in [-0.15, -0.1) is 0 Å². The van der Waals surface area contributed by atoms with Gasteiger partial charge in [0.25, 0.3) is 70.9 Å². The Hall–Kier alpha value is -15.0. The summed E-state index contributed by atoms with van der Waals surface area (Å²) in [6, 6.07) is 79.7. The lowest BCUT2D eigenvalue weighted by Gasteiger charge is -2.33. The third-order valence-electron chi connectivity index (χ3n) is 21.2. The van der Waals surface area contributed by atoms with Gasteiger partial charge in [0.15, 0.2) is 0 Å². The number of amides is 12. The van der Waals surface area contributed by atoms with Gasteiger partial charge < -0.3 is 5.11 Å². The Morgan fingerprint density at radius 2 is 0.423 bits per heavy atom. The van der Waals surface area contributed by atoms with Gasteiger partial charge in [0.1, 0.15) is 5.75 Å². The minimum Gasteiger partial charge on any atom is -0.508 e. The van der Waals surface area contributed by atoms with Gasteiger partial charge in [-0.05, 0) is 183 Å². The highest BCUT2D eigenvalue weighted by molar-refractivity contribution is 6.31. The molecule has 6 aliphatic rings. The Balaban J connectivity index is 0.000000132. The number of rotatable bonds is 15. The lowest BCUT2D eigenvalue weighted by Crippen LogP contribution is -2.30. The lowest BCUT2D eigenvalue weighted by atomic mass is 9.69. The van der Waals surface area contributed by atoms with Crippen molar-refractivity contribution in [2.75, 3.05) is 29.4 Å². The third kappa shape index (κ3) is 12.9. The average Bonchev–Trinajstić information content (AvgIpc) is 1.51. The zero-order chi connectivity index (χ0) is 77.6. The first-order valence-corrected chi connectivity index (χ1v) is 35.3. The van der Waals surface area contributed by atoms with E-state index < -0.39 is 16.2 Å². The van der Waals surface area contributed by atoms with E-state index >= 15 is 0 Å². The maximum absolute atomic E-state index is 12.2. The highest BCUT2D eigenvalue weighted by atomic mass is 16.3. The van der Waals surface area contributed by atoms with Crippen molar-refractivity contribution in [2.45, 2.75) is 37.0 Å². The molecule has 12 amide bonds. The summed E-state index contributed by atoms with van der Waals surface area (Å²) in [6.07, 6.45) is 15.1. The second-order valence-corrected chi connectivity index (χ2v) is 27.4. The molecule has 11 aromatic carbocycles. The van der Waals surface area contributed by atoms with Crippen LogP contribution in [-0.4, -0.2) is 76.0 Å². The van der Waals surface area contributed by atoms with Crippen molar-refractivity contribution in [3.63, 3.8) is 0 Å². The Kier molecular flexibility index (Phi) is 18.5. The van der Waals surface area contributed by atoms with E-state index in [1.54, 1.807) is 84.9 Å². The normalized spacial score (nSPS) is 15.5. The van der Waals surface area contributed by atoms with Gasteiger partial charge >= 0.3 is 0 Å². The van der Waals surface area contributed by atoms with Crippen LogP contribution in [0.2, 0.25) is 0 Å². The number of phenols is 1. The first kappa shape index (κ1) is 71.6. The summed E-state index contributed by atoms with van der Waals surface area (Å²) in [6.45, 7) is 6.26. The van der Waals surface area contributed by atoms with Crippen molar-refractivity contribution in [1.29, 1.82) is 0 Å². The van der Waals surface area contributed by atoms with Crippen LogP contribution < -0.4 is 29.4 Å². The summed E-state index contributed by atoms with van der Waals surface area (Å²) in [7, 11) is 0. The first-order chi connectivity index (χ1) is 53.5. The maximum Gasteiger partial charge on any atom is 0.258 e. The van der Waals surface area contributed by atoms with E-state index in [0.29, 0.717) is 34.1 Å². The molecule has 17 rings (SSSR count). The average molecular weight is 1460 g/mol. The van der Waals surface area contributed by atoms with Crippen molar-refractivity contribution < 1.29 is 62.6 Å². The van der Waals surface area contributed by atoms with Crippen LogP contribution in [0.15, 0.2) is 328 Å². The van der Waals surface area contributed by atoms with Crippen molar-refractivity contribution in [1.82, 2.24) is 0 Å². The third-order valence-corrected chi connectivity index (χ3v) is 21.2. The number of carbonyl (C=O) groups is 12. The van der Waals surface area contributed by atoms with Gasteiger partial charge in [-0.1, -0.05) is 164 Å². The fraction of sp³-hybridized carbons (Fsp3) is 0.0652. The summed E-state index contributed by atoms with van der Waals surface area (Å²) in [5.74, 6) is -4.34. The molecule has 0 bridgehead atoms. The summed E-state index contributed by atoms with van der Waals surface area (Å²) in [4.78, 5) is 153. The topological polar surface area (TPSA) is 245 Å². The van der Waals surface area contributed by atoms with Gasteiger partial charge in [0.2, 0.25) is 0 Å². The van der Waals surface area contributed by atoms with E-state index in [-0.39, 0.29) is 76.6 Å². The van der Waals surface area contributed by atoms with E-state index in [0.717, 1.165) is 101 Å². The number of fused-ring (bicyclic) bond motifs is 2. The van der Waals surface area contributed by atoms with Crippen LogP contribution in [0.1, 0.15) is 70.8 Å². The van der Waals surface area contributed by atoms with Crippen molar-refractivity contribution >= 4 is 127 Å². The summed E-state index contributed by atoms with van der Waals surface area (Å²) in [5, 5.41) is 14.2. The molecule has 111 heavy (non-hydrogen) atoms. The number of aromatic hydroxyl groups is 1. The second-order valence-electron chi connectivity index (χ2n) is 27.4. The molecule has 0 atom stereocenters. The van der Waals surface area contributed by atoms with Crippen LogP contribution in [0.25, 0.3) is 21.5 Å². The predicted octanol–water partition coefficient (Wildman–Crippen LogP) is 13.7. The van der Waals surface area contributed by atoms with Gasteiger partial charge in [-0.3, -0.25) is 57.5 Å². The van der Waals surface area contributed by atoms with Crippen molar-refractivity contribution in [3.05, 3.63) is 378 Å². The largest absolute Gasteiger partial charge is 0.508 e. The molecule has 0 aliphatic carbocycles. The van der Waals surface area contributed by atoms with E-state index in [1.165, 1.54) is 72.9 Å². The summed E-state index contributed by atoms with van der Waals surface area (Å²) < 4.78 is 0. The quantitative estimate of drug-likeness (QED) is 0.0742. The fourth-order valence-corrected chi connectivity index (χ4v) is 15.0.